The van der Waals surface area contributed by atoms with Gasteiger partial charge in [0.25, 0.3) is 5.91 Å². The highest BCUT2D eigenvalue weighted by molar-refractivity contribution is 5.99. The number of hydrogen-bond acceptors (Lipinski definition) is 4. The average Bonchev–Trinajstić information content (AvgIpc) is 3.10. The molecule has 1 atom stereocenters. The van der Waals surface area contributed by atoms with Crippen LogP contribution in [0, 0.1) is 0 Å². The number of aldehydes is 1. The summed E-state index contributed by atoms with van der Waals surface area (Å²) in [7, 11) is 1.51. The zero-order chi connectivity index (χ0) is 18.2. The fourth-order valence-corrected chi connectivity index (χ4v) is 3.21. The number of amides is 2. The molecule has 0 saturated carbocycles. The molecule has 2 rings (SSSR count). The first-order chi connectivity index (χ1) is 12.1. The van der Waals surface area contributed by atoms with Crippen LogP contribution in [-0.2, 0) is 19.1 Å². The average molecular weight is 348 g/mol. The van der Waals surface area contributed by atoms with Crippen molar-refractivity contribution in [3.05, 3.63) is 23.3 Å². The Labute approximate surface area is 147 Å². The molecule has 2 N–H and O–H groups in total. The molecule has 0 aromatic rings. The number of allylic oxidation sites excluding steroid dienone is 2. The van der Waals surface area contributed by atoms with Crippen LogP contribution in [0.15, 0.2) is 23.3 Å². The quantitative estimate of drug-likeness (QED) is 0.369. The van der Waals surface area contributed by atoms with Gasteiger partial charge >= 0.3 is 5.90 Å². The smallest absolute Gasteiger partial charge is 0.358 e. The van der Waals surface area contributed by atoms with Crippen molar-refractivity contribution in [2.75, 3.05) is 26.7 Å². The number of hydrogen-bond donors (Lipinski definition) is 2. The SMILES string of the molecule is COC(=[NH+]CC=O)[C@@H]1CCCN1C(=O)CNC(=O)C1=C(C)CCC=C1. The Balaban J connectivity index is 1.96. The molecule has 0 unspecified atom stereocenters. The van der Waals surface area contributed by atoms with Gasteiger partial charge in [-0.05, 0) is 32.6 Å². The second kappa shape index (κ2) is 9.15. The molecule has 25 heavy (non-hydrogen) atoms. The Morgan fingerprint density at radius 1 is 1.48 bits per heavy atom. The Morgan fingerprint density at radius 3 is 2.96 bits per heavy atom. The highest BCUT2D eigenvalue weighted by Crippen LogP contribution is 2.19. The van der Waals surface area contributed by atoms with Crippen molar-refractivity contribution in [2.24, 2.45) is 0 Å². The molecule has 7 nitrogen and oxygen atoms in total. The summed E-state index contributed by atoms with van der Waals surface area (Å²) in [5.74, 6) is 0.141. The van der Waals surface area contributed by atoms with E-state index in [0.29, 0.717) is 18.0 Å². The van der Waals surface area contributed by atoms with E-state index in [1.54, 1.807) is 4.90 Å². The molecule has 0 aromatic heterocycles. The standard InChI is InChI=1S/C18H25N3O4/c1-13-6-3-4-7-14(13)17(24)20-12-16(23)21-10-5-8-15(21)18(25-2)19-9-11-22/h4,7,11,15H,3,5-6,8-10,12H2,1-2H3,(H,20,24)/p+1/t15-/m0/s1. The van der Waals surface area contributed by atoms with Gasteiger partial charge in [0.05, 0.1) is 13.7 Å². The van der Waals surface area contributed by atoms with Gasteiger partial charge in [-0.1, -0.05) is 17.7 Å². The maximum absolute atomic E-state index is 12.5. The third kappa shape index (κ3) is 4.78. The van der Waals surface area contributed by atoms with E-state index in [-0.39, 0.29) is 30.9 Å². The molecule has 0 aromatic carbocycles. The summed E-state index contributed by atoms with van der Waals surface area (Å²) in [6.07, 6.45) is 7.97. The summed E-state index contributed by atoms with van der Waals surface area (Å²) in [6.45, 7) is 2.63. The highest BCUT2D eigenvalue weighted by Gasteiger charge is 2.36. The van der Waals surface area contributed by atoms with E-state index in [0.717, 1.165) is 37.5 Å². The van der Waals surface area contributed by atoms with Crippen molar-refractivity contribution < 1.29 is 24.1 Å². The minimum Gasteiger partial charge on any atom is -0.450 e. The molecule has 1 aliphatic carbocycles. The molecule has 0 bridgehead atoms. The van der Waals surface area contributed by atoms with Gasteiger partial charge in [-0.2, -0.15) is 0 Å². The highest BCUT2D eigenvalue weighted by atomic mass is 16.5. The van der Waals surface area contributed by atoms with Gasteiger partial charge < -0.3 is 15.0 Å². The minimum absolute atomic E-state index is 0.0510. The molecule has 2 aliphatic rings. The lowest BCUT2D eigenvalue weighted by atomic mass is 9.98. The fraction of sp³-hybridized carbons (Fsp3) is 0.556. The third-order valence-corrected chi connectivity index (χ3v) is 4.53. The minimum atomic E-state index is -0.218. The lowest BCUT2D eigenvalue weighted by molar-refractivity contribution is -0.454. The molecule has 136 valence electrons. The summed E-state index contributed by atoms with van der Waals surface area (Å²) in [4.78, 5) is 39.9. The summed E-state index contributed by atoms with van der Waals surface area (Å²) < 4.78 is 5.30. The molecule has 1 heterocycles. The van der Waals surface area contributed by atoms with Crippen molar-refractivity contribution in [3.8, 4) is 0 Å². The van der Waals surface area contributed by atoms with Gasteiger partial charge in [0.1, 0.15) is 0 Å². The van der Waals surface area contributed by atoms with Crippen LogP contribution in [0.4, 0.5) is 0 Å². The molecule has 1 aliphatic heterocycles. The van der Waals surface area contributed by atoms with Gasteiger partial charge in [-0.25, -0.2) is 4.99 Å². The number of carbonyl (C=O) groups excluding carboxylic acids is 3. The van der Waals surface area contributed by atoms with Crippen molar-refractivity contribution in [1.82, 2.24) is 10.2 Å². The zero-order valence-electron chi connectivity index (χ0n) is 14.8. The predicted octanol–water partition coefficient (Wildman–Crippen LogP) is -0.915. The topological polar surface area (TPSA) is 89.7 Å². The molecule has 2 amide bonds. The van der Waals surface area contributed by atoms with Crippen LogP contribution in [0.1, 0.15) is 32.6 Å². The number of likely N-dealkylation sites (tertiary alicyclic amines) is 1. The zero-order valence-corrected chi connectivity index (χ0v) is 14.8. The van der Waals surface area contributed by atoms with E-state index in [2.05, 4.69) is 10.3 Å². The van der Waals surface area contributed by atoms with E-state index in [9.17, 15) is 14.4 Å². The Hall–Kier alpha value is -2.44. The number of ether oxygens (including phenoxy) is 1. The Kier molecular flexibility index (Phi) is 6.91. The van der Waals surface area contributed by atoms with Crippen LogP contribution in [0.25, 0.3) is 0 Å². The molecular weight excluding hydrogens is 322 g/mol. The molecular formula is C18H26N3O4+. The third-order valence-electron chi connectivity index (χ3n) is 4.53. The van der Waals surface area contributed by atoms with E-state index >= 15 is 0 Å². The van der Waals surface area contributed by atoms with Gasteiger partial charge in [0.15, 0.2) is 18.9 Å². The monoisotopic (exact) mass is 348 g/mol. The number of methoxy groups -OCH3 is 1. The van der Waals surface area contributed by atoms with Gasteiger partial charge in [-0.3, -0.25) is 14.4 Å². The van der Waals surface area contributed by atoms with Crippen LogP contribution >= 0.6 is 0 Å². The summed E-state index contributed by atoms with van der Waals surface area (Å²) >= 11 is 0. The molecule has 7 heteroatoms. The number of nitrogens with one attached hydrogen (secondary N) is 2. The molecule has 1 saturated heterocycles. The normalized spacial score (nSPS) is 20.6. The van der Waals surface area contributed by atoms with Crippen molar-refractivity contribution in [1.29, 1.82) is 0 Å². The van der Waals surface area contributed by atoms with E-state index in [4.69, 9.17) is 4.74 Å². The van der Waals surface area contributed by atoms with E-state index < -0.39 is 0 Å². The Morgan fingerprint density at radius 2 is 2.28 bits per heavy atom. The number of nitrogens with zero attached hydrogens (tertiary/aromatic N) is 1. The van der Waals surface area contributed by atoms with Gasteiger partial charge in [0, 0.05) is 12.1 Å². The molecule has 0 spiro atoms. The maximum Gasteiger partial charge on any atom is 0.358 e. The summed E-state index contributed by atoms with van der Waals surface area (Å²) in [5.41, 5.74) is 1.69. The van der Waals surface area contributed by atoms with Crippen LogP contribution in [-0.4, -0.2) is 61.7 Å². The van der Waals surface area contributed by atoms with Crippen LogP contribution in [0.5, 0.6) is 0 Å². The maximum atomic E-state index is 12.5. The van der Waals surface area contributed by atoms with E-state index in [1.807, 2.05) is 19.1 Å². The second-order valence-corrected chi connectivity index (χ2v) is 6.18. The van der Waals surface area contributed by atoms with Crippen molar-refractivity contribution in [2.45, 2.75) is 38.6 Å². The summed E-state index contributed by atoms with van der Waals surface area (Å²) in [6, 6.07) is -0.218. The predicted molar refractivity (Wildman–Crippen MR) is 92.7 cm³/mol. The lowest BCUT2D eigenvalue weighted by Crippen LogP contribution is -2.77. The number of rotatable bonds is 6. The van der Waals surface area contributed by atoms with Gasteiger partial charge in [-0.15, -0.1) is 0 Å². The first-order valence-corrected chi connectivity index (χ1v) is 8.60. The van der Waals surface area contributed by atoms with E-state index in [1.165, 1.54) is 7.11 Å². The van der Waals surface area contributed by atoms with Crippen LogP contribution in [0.2, 0.25) is 0 Å². The lowest BCUT2D eigenvalue weighted by Gasteiger charge is -2.22. The van der Waals surface area contributed by atoms with Crippen LogP contribution < -0.4 is 10.3 Å². The Bertz CT molecular complexity index is 622. The molecule has 1 fully saturated rings. The summed E-state index contributed by atoms with van der Waals surface area (Å²) in [5, 5.41) is 2.71. The molecule has 0 radical (unpaired) electrons. The van der Waals surface area contributed by atoms with Crippen molar-refractivity contribution >= 4 is 24.0 Å². The second-order valence-electron chi connectivity index (χ2n) is 6.18. The number of carbonyl (C=O) groups is 3. The van der Waals surface area contributed by atoms with Crippen molar-refractivity contribution in [3.63, 3.8) is 0 Å². The first-order valence-electron chi connectivity index (χ1n) is 8.60. The first kappa shape index (κ1) is 18.9. The van der Waals surface area contributed by atoms with Crippen LogP contribution in [0.3, 0.4) is 0 Å². The largest absolute Gasteiger partial charge is 0.450 e. The van der Waals surface area contributed by atoms with Gasteiger partial charge in [0.2, 0.25) is 5.91 Å². The fourth-order valence-electron chi connectivity index (χ4n) is 3.21.